The zero-order chi connectivity index (χ0) is 15.1. The van der Waals surface area contributed by atoms with Crippen LogP contribution in [0.5, 0.6) is 0 Å². The molecule has 0 spiro atoms. The maximum absolute atomic E-state index is 11.9. The fourth-order valence-electron chi connectivity index (χ4n) is 2.14. The molecule has 21 heavy (non-hydrogen) atoms. The predicted molar refractivity (Wildman–Crippen MR) is 87.6 cm³/mol. The molecule has 0 radical (unpaired) electrons. The third-order valence-electron chi connectivity index (χ3n) is 3.25. The average Bonchev–Trinajstić information content (AvgIpc) is 2.51. The molecule has 0 aromatic heterocycles. The van der Waals surface area contributed by atoms with E-state index in [0.717, 1.165) is 12.1 Å². The van der Waals surface area contributed by atoms with Crippen molar-refractivity contribution >= 4 is 23.2 Å². The molecule has 2 aromatic rings. The van der Waals surface area contributed by atoms with Crippen LogP contribution in [0.15, 0.2) is 54.6 Å². The van der Waals surface area contributed by atoms with Crippen LogP contribution in [0, 0.1) is 0 Å². The second-order valence-electron chi connectivity index (χ2n) is 4.81. The second-order valence-corrected chi connectivity index (χ2v) is 5.24. The smallest absolute Gasteiger partial charge is 0.238 e. The van der Waals surface area contributed by atoms with Gasteiger partial charge in [0.25, 0.3) is 0 Å². The maximum atomic E-state index is 11.9. The molecule has 0 saturated heterocycles. The zero-order valence-electron chi connectivity index (χ0n) is 12.0. The highest BCUT2D eigenvalue weighted by atomic mass is 35.5. The van der Waals surface area contributed by atoms with E-state index in [2.05, 4.69) is 29.7 Å². The summed E-state index contributed by atoms with van der Waals surface area (Å²) in [7, 11) is 0. The standard InChI is InChI=1S/C17H19ClN2O/c1-2-16(13-6-4-3-5-7-13)19-12-17(21)20-15-10-8-14(18)9-11-15/h3-11,16,19H,2,12H2,1H3,(H,20,21). The van der Waals surface area contributed by atoms with Gasteiger partial charge in [0.15, 0.2) is 0 Å². The van der Waals surface area contributed by atoms with Crippen molar-refractivity contribution in [3.63, 3.8) is 0 Å². The van der Waals surface area contributed by atoms with E-state index in [1.54, 1.807) is 24.3 Å². The zero-order valence-corrected chi connectivity index (χ0v) is 12.7. The number of carbonyl (C=O) groups excluding carboxylic acids is 1. The molecule has 0 bridgehead atoms. The maximum Gasteiger partial charge on any atom is 0.238 e. The molecule has 0 aliphatic heterocycles. The van der Waals surface area contributed by atoms with Crippen LogP contribution in [-0.2, 0) is 4.79 Å². The van der Waals surface area contributed by atoms with Crippen molar-refractivity contribution in [1.82, 2.24) is 5.32 Å². The Bertz CT molecular complexity index is 569. The fourth-order valence-corrected chi connectivity index (χ4v) is 2.26. The molecule has 2 aromatic carbocycles. The topological polar surface area (TPSA) is 41.1 Å². The number of halogens is 1. The van der Waals surface area contributed by atoms with Gasteiger partial charge in [-0.2, -0.15) is 0 Å². The van der Waals surface area contributed by atoms with Crippen molar-refractivity contribution in [2.75, 3.05) is 11.9 Å². The van der Waals surface area contributed by atoms with E-state index < -0.39 is 0 Å². The van der Waals surface area contributed by atoms with Crippen molar-refractivity contribution < 1.29 is 4.79 Å². The summed E-state index contributed by atoms with van der Waals surface area (Å²) in [6.45, 7) is 2.37. The summed E-state index contributed by atoms with van der Waals surface area (Å²) in [6.07, 6.45) is 0.929. The van der Waals surface area contributed by atoms with Gasteiger partial charge in [-0.25, -0.2) is 0 Å². The normalized spacial score (nSPS) is 11.9. The lowest BCUT2D eigenvalue weighted by molar-refractivity contribution is -0.115. The first kappa shape index (κ1) is 15.5. The lowest BCUT2D eigenvalue weighted by Crippen LogP contribution is -2.31. The third kappa shape index (κ3) is 4.88. The Morgan fingerprint density at radius 2 is 1.76 bits per heavy atom. The molecule has 0 aliphatic carbocycles. The van der Waals surface area contributed by atoms with Crippen LogP contribution in [0.4, 0.5) is 5.69 Å². The highest BCUT2D eigenvalue weighted by Gasteiger charge is 2.10. The minimum absolute atomic E-state index is 0.0632. The number of nitrogens with one attached hydrogen (secondary N) is 2. The van der Waals surface area contributed by atoms with E-state index in [1.165, 1.54) is 5.56 Å². The van der Waals surface area contributed by atoms with Crippen LogP contribution < -0.4 is 10.6 Å². The minimum atomic E-state index is -0.0632. The van der Waals surface area contributed by atoms with Crippen molar-refractivity contribution in [1.29, 1.82) is 0 Å². The Hall–Kier alpha value is -1.84. The Kier molecular flexibility index (Phi) is 5.78. The van der Waals surface area contributed by atoms with Crippen LogP contribution in [-0.4, -0.2) is 12.5 Å². The molecule has 0 fully saturated rings. The third-order valence-corrected chi connectivity index (χ3v) is 3.50. The van der Waals surface area contributed by atoms with Gasteiger partial charge in [-0.3, -0.25) is 4.79 Å². The summed E-state index contributed by atoms with van der Waals surface area (Å²) in [5, 5.41) is 6.77. The van der Waals surface area contributed by atoms with E-state index >= 15 is 0 Å². The molecular weight excluding hydrogens is 284 g/mol. The first-order chi connectivity index (χ1) is 10.2. The number of hydrogen-bond acceptors (Lipinski definition) is 2. The van der Waals surface area contributed by atoms with E-state index in [1.807, 2.05) is 18.2 Å². The quantitative estimate of drug-likeness (QED) is 0.846. The van der Waals surface area contributed by atoms with Crippen LogP contribution in [0.3, 0.4) is 0 Å². The molecule has 2 rings (SSSR count). The van der Waals surface area contributed by atoms with Gasteiger partial charge in [0.2, 0.25) is 5.91 Å². The van der Waals surface area contributed by atoms with Crippen molar-refractivity contribution in [3.8, 4) is 0 Å². The van der Waals surface area contributed by atoms with E-state index in [-0.39, 0.29) is 18.5 Å². The van der Waals surface area contributed by atoms with Crippen LogP contribution in [0.1, 0.15) is 24.9 Å². The van der Waals surface area contributed by atoms with Gasteiger partial charge in [0.05, 0.1) is 6.54 Å². The number of rotatable bonds is 6. The number of carbonyl (C=O) groups is 1. The Morgan fingerprint density at radius 3 is 2.38 bits per heavy atom. The van der Waals surface area contributed by atoms with Gasteiger partial charge in [0, 0.05) is 16.8 Å². The van der Waals surface area contributed by atoms with Gasteiger partial charge in [-0.15, -0.1) is 0 Å². The highest BCUT2D eigenvalue weighted by Crippen LogP contribution is 2.16. The summed E-state index contributed by atoms with van der Waals surface area (Å²) >= 11 is 5.81. The first-order valence-electron chi connectivity index (χ1n) is 7.02. The predicted octanol–water partition coefficient (Wildman–Crippen LogP) is 4.02. The molecule has 3 nitrogen and oxygen atoms in total. The second kappa shape index (κ2) is 7.81. The molecule has 0 saturated carbocycles. The van der Waals surface area contributed by atoms with E-state index in [4.69, 9.17) is 11.6 Å². The summed E-state index contributed by atoms with van der Waals surface area (Å²) in [4.78, 5) is 11.9. The van der Waals surface area contributed by atoms with Gasteiger partial charge < -0.3 is 10.6 Å². The van der Waals surface area contributed by atoms with Gasteiger partial charge >= 0.3 is 0 Å². The molecule has 0 aliphatic rings. The van der Waals surface area contributed by atoms with Gasteiger partial charge in [0.1, 0.15) is 0 Å². The van der Waals surface area contributed by atoms with Gasteiger partial charge in [-0.05, 0) is 36.2 Å². The number of amides is 1. The number of benzene rings is 2. The van der Waals surface area contributed by atoms with Gasteiger partial charge in [-0.1, -0.05) is 48.9 Å². The van der Waals surface area contributed by atoms with Crippen LogP contribution in [0.2, 0.25) is 5.02 Å². The fraction of sp³-hybridized carbons (Fsp3) is 0.235. The van der Waals surface area contributed by atoms with Crippen molar-refractivity contribution in [3.05, 3.63) is 65.2 Å². The molecular formula is C17H19ClN2O. The first-order valence-corrected chi connectivity index (χ1v) is 7.40. The Morgan fingerprint density at radius 1 is 1.10 bits per heavy atom. The number of hydrogen-bond donors (Lipinski definition) is 2. The minimum Gasteiger partial charge on any atom is -0.325 e. The summed E-state index contributed by atoms with van der Waals surface area (Å²) in [5.74, 6) is -0.0632. The highest BCUT2D eigenvalue weighted by molar-refractivity contribution is 6.30. The average molecular weight is 303 g/mol. The molecule has 0 heterocycles. The monoisotopic (exact) mass is 302 g/mol. The van der Waals surface area contributed by atoms with Crippen molar-refractivity contribution in [2.45, 2.75) is 19.4 Å². The largest absolute Gasteiger partial charge is 0.325 e. The van der Waals surface area contributed by atoms with E-state index in [9.17, 15) is 4.79 Å². The number of anilines is 1. The Labute approximate surface area is 130 Å². The summed E-state index contributed by atoms with van der Waals surface area (Å²) in [5.41, 5.74) is 1.94. The molecule has 1 atom stereocenters. The molecule has 110 valence electrons. The summed E-state index contributed by atoms with van der Waals surface area (Å²) < 4.78 is 0. The lowest BCUT2D eigenvalue weighted by atomic mass is 10.0. The lowest BCUT2D eigenvalue weighted by Gasteiger charge is -2.17. The molecule has 1 unspecified atom stereocenters. The molecule has 2 N–H and O–H groups in total. The van der Waals surface area contributed by atoms with Crippen LogP contribution in [0.25, 0.3) is 0 Å². The Balaban J connectivity index is 1.86. The SMILES string of the molecule is CCC(NCC(=O)Nc1ccc(Cl)cc1)c1ccccc1. The van der Waals surface area contributed by atoms with E-state index in [0.29, 0.717) is 5.02 Å². The van der Waals surface area contributed by atoms with Crippen molar-refractivity contribution in [2.24, 2.45) is 0 Å². The molecule has 1 amide bonds. The van der Waals surface area contributed by atoms with Crippen LogP contribution >= 0.6 is 11.6 Å². The summed E-state index contributed by atoms with van der Waals surface area (Å²) in [6, 6.07) is 17.4. The molecule has 4 heteroatoms.